The van der Waals surface area contributed by atoms with Crippen molar-refractivity contribution >= 4 is 34.9 Å². The largest absolute Gasteiger partial charge is 0.366 e. The maximum Gasteiger partial charge on any atom is 0.255 e. The molecule has 4 aromatic carbocycles. The molecule has 6 rings (SSSR count). The summed E-state index contributed by atoms with van der Waals surface area (Å²) in [6.07, 6.45) is 4.93. The van der Waals surface area contributed by atoms with E-state index in [-0.39, 0.29) is 17.7 Å². The van der Waals surface area contributed by atoms with Crippen LogP contribution in [0.1, 0.15) is 61.1 Å². The Labute approximate surface area is 238 Å². The minimum absolute atomic E-state index is 0.0207. The van der Waals surface area contributed by atoms with Crippen LogP contribution in [0.15, 0.2) is 84.9 Å². The molecule has 204 valence electrons. The highest BCUT2D eigenvalue weighted by Gasteiger charge is 2.25. The number of nitrogens with two attached hydrogens (primary N) is 1. The molecule has 6 heteroatoms. The third-order valence-electron chi connectivity index (χ3n) is 8.09. The highest BCUT2D eigenvalue weighted by atomic mass is 16.2. The molecular formula is C35H31N3O3. The summed E-state index contributed by atoms with van der Waals surface area (Å²) in [5.74, 6) is -0.835. The number of nitrogens with zero attached hydrogens (tertiary/aromatic N) is 1. The Morgan fingerprint density at radius 2 is 1.41 bits per heavy atom. The number of fused-ring (bicyclic) bond motifs is 4. The van der Waals surface area contributed by atoms with Crippen LogP contribution in [0.25, 0.3) is 11.6 Å². The molecule has 0 heterocycles. The number of carbonyl (C=O) groups excluding carboxylic acids is 3. The number of amides is 2. The van der Waals surface area contributed by atoms with Crippen LogP contribution in [0.2, 0.25) is 0 Å². The van der Waals surface area contributed by atoms with E-state index in [0.29, 0.717) is 22.4 Å². The monoisotopic (exact) mass is 541 g/mol. The number of benzene rings is 4. The van der Waals surface area contributed by atoms with E-state index in [1.54, 1.807) is 36.4 Å². The van der Waals surface area contributed by atoms with Gasteiger partial charge < -0.3 is 11.1 Å². The van der Waals surface area contributed by atoms with Gasteiger partial charge in [0.15, 0.2) is 5.78 Å². The zero-order chi connectivity index (χ0) is 28.7. The zero-order valence-electron chi connectivity index (χ0n) is 23.1. The lowest BCUT2D eigenvalue weighted by Crippen LogP contribution is -2.31. The number of rotatable bonds is 6. The van der Waals surface area contributed by atoms with Crippen molar-refractivity contribution in [3.63, 3.8) is 0 Å². The van der Waals surface area contributed by atoms with Crippen molar-refractivity contribution in [2.75, 3.05) is 19.4 Å². The summed E-state index contributed by atoms with van der Waals surface area (Å²) in [6.45, 7) is 0. The maximum absolute atomic E-state index is 13.8. The molecule has 0 saturated heterocycles. The van der Waals surface area contributed by atoms with Gasteiger partial charge in [-0.2, -0.15) is 0 Å². The minimum atomic E-state index is -0.545. The van der Waals surface area contributed by atoms with Crippen LogP contribution >= 0.6 is 0 Å². The van der Waals surface area contributed by atoms with Crippen LogP contribution in [0.5, 0.6) is 0 Å². The number of anilines is 1. The van der Waals surface area contributed by atoms with Gasteiger partial charge >= 0.3 is 0 Å². The lowest BCUT2D eigenvalue weighted by molar-refractivity contribution is 0.0995. The molecule has 2 aliphatic rings. The van der Waals surface area contributed by atoms with E-state index in [2.05, 4.69) is 66.8 Å². The van der Waals surface area contributed by atoms with Crippen molar-refractivity contribution < 1.29 is 14.4 Å². The molecule has 3 N–H and O–H groups in total. The van der Waals surface area contributed by atoms with E-state index in [0.717, 1.165) is 30.1 Å². The highest BCUT2D eigenvalue weighted by molar-refractivity contribution is 6.24. The van der Waals surface area contributed by atoms with Crippen molar-refractivity contribution in [2.45, 2.75) is 25.3 Å². The fraction of sp³-hybridized carbons (Fsp3) is 0.171. The van der Waals surface area contributed by atoms with E-state index >= 15 is 0 Å². The summed E-state index contributed by atoms with van der Waals surface area (Å²) in [5.41, 5.74) is 10.6. The third kappa shape index (κ3) is 4.87. The summed E-state index contributed by atoms with van der Waals surface area (Å²) >= 11 is 0. The van der Waals surface area contributed by atoms with Gasteiger partial charge in [0.2, 0.25) is 5.91 Å². The predicted molar refractivity (Wildman–Crippen MR) is 161 cm³/mol. The second-order valence-corrected chi connectivity index (χ2v) is 10.8. The molecule has 2 aliphatic carbocycles. The molecule has 6 nitrogen and oxygen atoms in total. The van der Waals surface area contributed by atoms with Gasteiger partial charge in [0.1, 0.15) is 0 Å². The molecule has 41 heavy (non-hydrogen) atoms. The van der Waals surface area contributed by atoms with Crippen molar-refractivity contribution in [1.82, 2.24) is 4.90 Å². The van der Waals surface area contributed by atoms with E-state index in [4.69, 9.17) is 5.73 Å². The molecule has 0 aliphatic heterocycles. The van der Waals surface area contributed by atoms with Crippen LogP contribution in [0.4, 0.5) is 5.69 Å². The van der Waals surface area contributed by atoms with E-state index in [1.807, 2.05) is 0 Å². The Balaban J connectivity index is 1.33. The smallest absolute Gasteiger partial charge is 0.255 e. The van der Waals surface area contributed by atoms with Crippen molar-refractivity contribution in [1.29, 1.82) is 0 Å². The Hall–Kier alpha value is -4.81. The summed E-state index contributed by atoms with van der Waals surface area (Å²) in [4.78, 5) is 40.0. The van der Waals surface area contributed by atoms with Gasteiger partial charge in [0.25, 0.3) is 5.91 Å². The Bertz CT molecular complexity index is 1920. The average molecular weight is 542 g/mol. The van der Waals surface area contributed by atoms with Gasteiger partial charge in [-0.25, -0.2) is 0 Å². The number of ketones is 1. The Kier molecular flexibility index (Phi) is 6.85. The van der Waals surface area contributed by atoms with Gasteiger partial charge in [0, 0.05) is 28.0 Å². The Morgan fingerprint density at radius 3 is 2.12 bits per heavy atom. The standard InChI is InChI=1S/C35H31N3O3/c1-38(2)31-20-24-6-3-4-7-26(24)29-19-18-27-28(32(29)31)8-5-9-30(27)33(39)21-14-16-25(17-15-21)37-35(41)23-12-10-22(11-13-23)34(36)40/h3-4,6-7,10-20,31H,5,8-9H2,1-2H3,(H2,36,40)(H,37,41). The lowest BCUT2D eigenvalue weighted by Gasteiger charge is -2.29. The van der Waals surface area contributed by atoms with Gasteiger partial charge in [-0.3, -0.25) is 19.3 Å². The van der Waals surface area contributed by atoms with Gasteiger partial charge in [-0.1, -0.05) is 42.5 Å². The van der Waals surface area contributed by atoms with E-state index in [9.17, 15) is 14.4 Å². The molecule has 0 bridgehead atoms. The normalized spacial score (nSPS) is 15.3. The van der Waals surface area contributed by atoms with Gasteiger partial charge in [-0.05, 0) is 114 Å². The molecule has 1 atom stereocenters. The SMILES string of the molecule is CN(C)C1C=c2ccccc2=c2ccc3c(c21)CCCC=3C(=O)c1ccc(NC(=O)c2ccc(C(N)=O)cc2)cc1. The van der Waals surface area contributed by atoms with E-state index < -0.39 is 5.91 Å². The van der Waals surface area contributed by atoms with Crippen LogP contribution in [-0.2, 0) is 6.42 Å². The first-order chi connectivity index (χ1) is 19.8. The zero-order valence-corrected chi connectivity index (χ0v) is 23.1. The highest BCUT2D eigenvalue weighted by Crippen LogP contribution is 2.30. The summed E-state index contributed by atoms with van der Waals surface area (Å²) in [6, 6.07) is 26.1. The number of primary amides is 1. The Morgan fingerprint density at radius 1 is 0.756 bits per heavy atom. The second-order valence-electron chi connectivity index (χ2n) is 10.8. The van der Waals surface area contributed by atoms with Crippen LogP contribution in [0.3, 0.4) is 0 Å². The van der Waals surface area contributed by atoms with Gasteiger partial charge in [-0.15, -0.1) is 0 Å². The third-order valence-corrected chi connectivity index (χ3v) is 8.09. The number of Topliss-reactive ketones (excluding diaryl/α,β-unsaturated/α-hetero) is 1. The fourth-order valence-electron chi connectivity index (χ4n) is 6.02. The first kappa shape index (κ1) is 26.4. The first-order valence-electron chi connectivity index (χ1n) is 13.8. The number of hydrogen-bond donors (Lipinski definition) is 2. The number of nitrogens with one attached hydrogen (secondary N) is 1. The second kappa shape index (κ2) is 10.6. The molecule has 1 unspecified atom stereocenters. The van der Waals surface area contributed by atoms with Crippen LogP contribution in [0, 0.1) is 10.4 Å². The van der Waals surface area contributed by atoms with E-state index in [1.165, 1.54) is 38.9 Å². The quantitative estimate of drug-likeness (QED) is 0.360. The molecule has 0 saturated carbocycles. The molecule has 0 aromatic heterocycles. The summed E-state index contributed by atoms with van der Waals surface area (Å²) in [5, 5.41) is 7.63. The molecule has 4 aromatic rings. The first-order valence-corrected chi connectivity index (χ1v) is 13.8. The average Bonchev–Trinajstić information content (AvgIpc) is 3.00. The topological polar surface area (TPSA) is 92.5 Å². The minimum Gasteiger partial charge on any atom is -0.366 e. The molecule has 2 amide bonds. The molecule has 0 fully saturated rings. The van der Waals surface area contributed by atoms with Crippen LogP contribution < -0.4 is 21.5 Å². The van der Waals surface area contributed by atoms with Gasteiger partial charge in [0.05, 0.1) is 6.04 Å². The van der Waals surface area contributed by atoms with Crippen molar-refractivity contribution in [3.05, 3.63) is 134 Å². The molecule has 0 spiro atoms. The number of carbonyl (C=O) groups is 3. The van der Waals surface area contributed by atoms with Crippen molar-refractivity contribution in [3.8, 4) is 0 Å². The fourth-order valence-corrected chi connectivity index (χ4v) is 6.02. The summed E-state index contributed by atoms with van der Waals surface area (Å²) < 4.78 is 0. The maximum atomic E-state index is 13.8. The van der Waals surface area contributed by atoms with Crippen LogP contribution in [-0.4, -0.2) is 36.6 Å². The lowest BCUT2D eigenvalue weighted by atomic mass is 9.82. The molecular weight excluding hydrogens is 510 g/mol. The van der Waals surface area contributed by atoms with Crippen molar-refractivity contribution in [2.24, 2.45) is 5.73 Å². The summed E-state index contributed by atoms with van der Waals surface area (Å²) in [7, 11) is 4.21. The predicted octanol–water partition coefficient (Wildman–Crippen LogP) is 4.09. The number of hydrogen-bond acceptors (Lipinski definition) is 4. The molecule has 0 radical (unpaired) electrons.